The fourth-order valence-electron chi connectivity index (χ4n) is 3.28. The van der Waals surface area contributed by atoms with Crippen molar-refractivity contribution in [2.45, 2.75) is 30.5 Å². The predicted molar refractivity (Wildman–Crippen MR) is 123 cm³/mol. The third-order valence-corrected chi connectivity index (χ3v) is 7.05. The molecule has 0 aliphatic carbocycles. The molecule has 0 spiro atoms. The highest BCUT2D eigenvalue weighted by Crippen LogP contribution is 2.23. The van der Waals surface area contributed by atoms with Crippen LogP contribution in [-0.2, 0) is 4.79 Å². The number of carbonyl (C=O) groups excluding carboxylic acids is 2. The third-order valence-electron chi connectivity index (χ3n) is 4.74. The average Bonchev–Trinajstić information content (AvgIpc) is 3.21. The minimum Gasteiger partial charge on any atom is -0.355 e. The number of anilines is 1. The zero-order chi connectivity index (χ0) is 21.3. The highest BCUT2D eigenvalue weighted by Gasteiger charge is 2.16. The summed E-state index contributed by atoms with van der Waals surface area (Å²) in [6.45, 7) is 6.33. The highest BCUT2D eigenvalue weighted by molar-refractivity contribution is 8.01. The first-order valence-corrected chi connectivity index (χ1v) is 12.2. The number of carbonyl (C=O) groups is 2. The topological polar surface area (TPSA) is 87.2 Å². The van der Waals surface area contributed by atoms with Gasteiger partial charge in [0.2, 0.25) is 10.9 Å². The van der Waals surface area contributed by atoms with Crippen LogP contribution in [0.4, 0.5) is 5.69 Å². The minimum atomic E-state index is -0.335. The lowest BCUT2D eigenvalue weighted by Crippen LogP contribution is -2.36. The van der Waals surface area contributed by atoms with Crippen molar-refractivity contribution < 1.29 is 9.59 Å². The monoisotopic (exact) mass is 467 g/mol. The summed E-state index contributed by atoms with van der Waals surface area (Å²) < 4.78 is 0.591. The van der Waals surface area contributed by atoms with Crippen molar-refractivity contribution in [3.8, 4) is 0 Å². The second-order valence-corrected chi connectivity index (χ2v) is 10.0. The highest BCUT2D eigenvalue weighted by atomic mass is 35.5. The summed E-state index contributed by atoms with van der Waals surface area (Å²) in [7, 11) is 0. The van der Waals surface area contributed by atoms with Gasteiger partial charge in [-0.3, -0.25) is 9.59 Å². The molecule has 2 heterocycles. The third kappa shape index (κ3) is 7.54. The quantitative estimate of drug-likeness (QED) is 0.431. The summed E-state index contributed by atoms with van der Waals surface area (Å²) in [6, 6.07) is 6.83. The van der Waals surface area contributed by atoms with E-state index in [9.17, 15) is 9.59 Å². The van der Waals surface area contributed by atoms with Gasteiger partial charge in [0, 0.05) is 23.8 Å². The van der Waals surface area contributed by atoms with E-state index in [0.717, 1.165) is 25.4 Å². The molecule has 1 atom stereocenters. The van der Waals surface area contributed by atoms with Crippen LogP contribution in [0.25, 0.3) is 0 Å². The van der Waals surface area contributed by atoms with Gasteiger partial charge in [0.05, 0.1) is 5.75 Å². The number of nitrogens with one attached hydrogen (secondary N) is 2. The van der Waals surface area contributed by atoms with E-state index >= 15 is 0 Å². The molecule has 2 N–H and O–H groups in total. The number of rotatable bonds is 9. The van der Waals surface area contributed by atoms with Gasteiger partial charge in [-0.05, 0) is 62.5 Å². The van der Waals surface area contributed by atoms with Crippen LogP contribution in [0.15, 0.2) is 28.6 Å². The first-order chi connectivity index (χ1) is 14.5. The van der Waals surface area contributed by atoms with Crippen molar-refractivity contribution in [2.24, 2.45) is 5.92 Å². The maximum absolute atomic E-state index is 12.2. The Morgan fingerprint density at radius 2 is 2.10 bits per heavy atom. The molecule has 2 amide bonds. The van der Waals surface area contributed by atoms with Crippen LogP contribution in [0.2, 0.25) is 5.02 Å². The smallest absolute Gasteiger partial charge is 0.286 e. The molecule has 0 bridgehead atoms. The van der Waals surface area contributed by atoms with Gasteiger partial charge in [0.25, 0.3) is 5.91 Å². The molecule has 1 aliphatic rings. The van der Waals surface area contributed by atoms with E-state index in [1.807, 2.05) is 0 Å². The molecule has 3 rings (SSSR count). The second-order valence-electron chi connectivity index (χ2n) is 7.37. The van der Waals surface area contributed by atoms with E-state index in [2.05, 4.69) is 32.7 Å². The first-order valence-electron chi connectivity index (χ1n) is 10.0. The molecule has 30 heavy (non-hydrogen) atoms. The first kappa shape index (κ1) is 23.0. The number of hydrogen-bond acceptors (Lipinski definition) is 7. The maximum atomic E-state index is 12.2. The van der Waals surface area contributed by atoms with Crippen LogP contribution in [-0.4, -0.2) is 58.8 Å². The molecule has 0 radical (unpaired) electrons. The number of amides is 2. The molecule has 1 aromatic heterocycles. The molecule has 0 unspecified atom stereocenters. The van der Waals surface area contributed by atoms with Gasteiger partial charge in [-0.2, -0.15) is 0 Å². The second kappa shape index (κ2) is 11.6. The van der Waals surface area contributed by atoms with Crippen LogP contribution in [0.1, 0.15) is 36.0 Å². The summed E-state index contributed by atoms with van der Waals surface area (Å²) in [5.74, 6) is 0.663. The number of aromatic nitrogens is 2. The Hall–Kier alpha value is -1.68. The number of benzene rings is 1. The largest absolute Gasteiger partial charge is 0.355 e. The van der Waals surface area contributed by atoms with E-state index in [1.165, 1.54) is 42.5 Å². The Morgan fingerprint density at radius 3 is 2.87 bits per heavy atom. The van der Waals surface area contributed by atoms with Gasteiger partial charge < -0.3 is 15.5 Å². The predicted octanol–water partition coefficient (Wildman–Crippen LogP) is 3.77. The molecule has 1 fully saturated rings. The molecule has 162 valence electrons. The lowest BCUT2D eigenvalue weighted by molar-refractivity contribution is -0.118. The van der Waals surface area contributed by atoms with Gasteiger partial charge in [0.1, 0.15) is 0 Å². The average molecular weight is 468 g/mol. The van der Waals surface area contributed by atoms with Gasteiger partial charge in [-0.1, -0.05) is 41.6 Å². The van der Waals surface area contributed by atoms with Gasteiger partial charge >= 0.3 is 0 Å². The molecular weight excluding hydrogens is 442 g/mol. The van der Waals surface area contributed by atoms with Crippen LogP contribution >= 0.6 is 34.7 Å². The SMILES string of the molecule is C[C@H]1CCCN(CCCNC(=O)CSc2nnc(C(=O)Nc3ccc(Cl)cc3)s2)C1. The Labute approximate surface area is 190 Å². The summed E-state index contributed by atoms with van der Waals surface area (Å²) in [5, 5.41) is 14.5. The number of nitrogens with zero attached hydrogens (tertiary/aromatic N) is 3. The van der Waals surface area contributed by atoms with E-state index in [1.54, 1.807) is 24.3 Å². The Morgan fingerprint density at radius 1 is 1.30 bits per heavy atom. The number of likely N-dealkylation sites (tertiary alicyclic amines) is 1. The van der Waals surface area contributed by atoms with Crippen molar-refractivity contribution in [1.82, 2.24) is 20.4 Å². The van der Waals surface area contributed by atoms with E-state index < -0.39 is 0 Å². The minimum absolute atomic E-state index is 0.0330. The van der Waals surface area contributed by atoms with Gasteiger partial charge in [-0.25, -0.2) is 0 Å². The number of halogens is 1. The van der Waals surface area contributed by atoms with E-state index in [0.29, 0.717) is 21.6 Å². The Kier molecular flexibility index (Phi) is 8.92. The zero-order valence-corrected chi connectivity index (χ0v) is 19.3. The number of thioether (sulfide) groups is 1. The summed E-state index contributed by atoms with van der Waals surface area (Å²) in [6.07, 6.45) is 3.54. The summed E-state index contributed by atoms with van der Waals surface area (Å²) in [5.41, 5.74) is 0.632. The zero-order valence-electron chi connectivity index (χ0n) is 16.9. The molecule has 1 aliphatic heterocycles. The van der Waals surface area contributed by atoms with Crippen LogP contribution < -0.4 is 10.6 Å². The molecule has 7 nitrogen and oxygen atoms in total. The van der Waals surface area contributed by atoms with E-state index in [-0.39, 0.29) is 22.6 Å². The van der Waals surface area contributed by atoms with Crippen molar-refractivity contribution in [1.29, 1.82) is 0 Å². The van der Waals surface area contributed by atoms with Crippen molar-refractivity contribution >= 4 is 52.2 Å². The molecule has 10 heteroatoms. The molecular formula is C20H26ClN5O2S2. The Balaban J connectivity index is 1.33. The standard InChI is InChI=1S/C20H26ClN5O2S2/c1-14-4-2-10-26(12-14)11-3-9-22-17(27)13-29-20-25-24-19(30-20)18(28)23-16-7-5-15(21)6-8-16/h5-8,14H,2-4,9-13H2,1H3,(H,22,27)(H,23,28)/t14-/m0/s1. The Bertz CT molecular complexity index is 846. The summed E-state index contributed by atoms with van der Waals surface area (Å²) >= 11 is 8.29. The van der Waals surface area contributed by atoms with Crippen molar-refractivity contribution in [3.63, 3.8) is 0 Å². The van der Waals surface area contributed by atoms with E-state index in [4.69, 9.17) is 11.6 Å². The molecule has 1 saturated heterocycles. The molecule has 1 aromatic carbocycles. The maximum Gasteiger partial charge on any atom is 0.286 e. The molecule has 2 aromatic rings. The van der Waals surface area contributed by atoms with Gasteiger partial charge in [-0.15, -0.1) is 10.2 Å². The fourth-order valence-corrected chi connectivity index (χ4v) is 4.98. The van der Waals surface area contributed by atoms with Gasteiger partial charge in [0.15, 0.2) is 4.34 Å². The number of piperidine rings is 1. The van der Waals surface area contributed by atoms with Crippen LogP contribution in [0, 0.1) is 5.92 Å². The van der Waals surface area contributed by atoms with Crippen molar-refractivity contribution in [2.75, 3.05) is 37.2 Å². The number of hydrogen-bond donors (Lipinski definition) is 2. The van der Waals surface area contributed by atoms with Crippen molar-refractivity contribution in [3.05, 3.63) is 34.3 Å². The normalized spacial score (nSPS) is 16.9. The lowest BCUT2D eigenvalue weighted by atomic mass is 10.0. The fraction of sp³-hybridized carbons (Fsp3) is 0.500. The summed E-state index contributed by atoms with van der Waals surface area (Å²) in [4.78, 5) is 26.8. The van der Waals surface area contributed by atoms with Crippen LogP contribution in [0.5, 0.6) is 0 Å². The van der Waals surface area contributed by atoms with Crippen LogP contribution in [0.3, 0.4) is 0 Å². The lowest BCUT2D eigenvalue weighted by Gasteiger charge is -2.30. The molecule has 0 saturated carbocycles.